The van der Waals surface area contributed by atoms with E-state index >= 15 is 0 Å². The highest BCUT2D eigenvalue weighted by Gasteiger charge is 2.19. The van der Waals surface area contributed by atoms with Crippen molar-refractivity contribution in [3.05, 3.63) is 16.5 Å². The Kier molecular flexibility index (Phi) is 3.47. The van der Waals surface area contributed by atoms with Crippen molar-refractivity contribution in [3.63, 3.8) is 0 Å². The van der Waals surface area contributed by atoms with Gasteiger partial charge in [0.1, 0.15) is 0 Å². The maximum atomic E-state index is 11.5. The molecule has 1 fully saturated rings. The summed E-state index contributed by atoms with van der Waals surface area (Å²) in [6.07, 6.45) is 0.886. The number of nitrogens with one attached hydrogen (secondary N) is 1. The van der Waals surface area contributed by atoms with Crippen LogP contribution in [0.15, 0.2) is 0 Å². The molecule has 6 heteroatoms. The van der Waals surface area contributed by atoms with Gasteiger partial charge in [0.25, 0.3) is 0 Å². The van der Waals surface area contributed by atoms with Gasteiger partial charge in [-0.25, -0.2) is 9.97 Å². The lowest BCUT2D eigenvalue weighted by atomic mass is 10.3. The van der Waals surface area contributed by atoms with Crippen LogP contribution >= 0.6 is 11.6 Å². The zero-order valence-electron chi connectivity index (χ0n) is 9.96. The van der Waals surface area contributed by atoms with E-state index in [2.05, 4.69) is 15.3 Å². The molecule has 0 unspecified atom stereocenters. The Morgan fingerprint density at radius 3 is 2.76 bits per heavy atom. The molecule has 0 bridgehead atoms. The summed E-state index contributed by atoms with van der Waals surface area (Å²) in [7, 11) is 0. The molecule has 1 aliphatic rings. The third-order valence-corrected chi connectivity index (χ3v) is 3.06. The normalized spacial score (nSPS) is 16.6. The first-order valence-electron chi connectivity index (χ1n) is 5.60. The van der Waals surface area contributed by atoms with E-state index < -0.39 is 0 Å². The number of hydrogen-bond acceptors (Lipinski definition) is 4. The first-order valence-corrected chi connectivity index (χ1v) is 5.98. The van der Waals surface area contributed by atoms with E-state index in [-0.39, 0.29) is 12.5 Å². The predicted molar refractivity (Wildman–Crippen MR) is 66.4 cm³/mol. The van der Waals surface area contributed by atoms with E-state index in [1.165, 1.54) is 0 Å². The second kappa shape index (κ2) is 4.87. The standard InChI is InChI=1S/C11H15ClN4O/c1-7-8(2)15-11(10(12)14-7)16-5-3-4-13-9(17)6-16/h3-6H2,1-2H3,(H,13,17). The molecule has 1 saturated heterocycles. The zero-order chi connectivity index (χ0) is 12.4. The summed E-state index contributed by atoms with van der Waals surface area (Å²) in [6, 6.07) is 0. The highest BCUT2D eigenvalue weighted by molar-refractivity contribution is 6.31. The van der Waals surface area contributed by atoms with E-state index in [0.717, 1.165) is 24.4 Å². The quantitative estimate of drug-likeness (QED) is 0.815. The summed E-state index contributed by atoms with van der Waals surface area (Å²) in [5, 5.41) is 3.18. The Morgan fingerprint density at radius 2 is 2.00 bits per heavy atom. The van der Waals surface area contributed by atoms with Gasteiger partial charge in [-0.3, -0.25) is 4.79 Å². The first kappa shape index (κ1) is 12.1. The van der Waals surface area contributed by atoms with Crippen LogP contribution in [0.25, 0.3) is 0 Å². The Labute approximate surface area is 105 Å². The molecule has 92 valence electrons. The molecule has 17 heavy (non-hydrogen) atoms. The van der Waals surface area contributed by atoms with Crippen molar-refractivity contribution < 1.29 is 4.79 Å². The summed E-state index contributed by atoms with van der Waals surface area (Å²) in [4.78, 5) is 22.0. The highest BCUT2D eigenvalue weighted by Crippen LogP contribution is 2.23. The van der Waals surface area contributed by atoms with Gasteiger partial charge >= 0.3 is 0 Å². The van der Waals surface area contributed by atoms with Gasteiger partial charge in [-0.15, -0.1) is 0 Å². The molecule has 0 atom stereocenters. The van der Waals surface area contributed by atoms with Crippen LogP contribution in [0.4, 0.5) is 5.82 Å². The van der Waals surface area contributed by atoms with Crippen molar-refractivity contribution in [3.8, 4) is 0 Å². The number of aryl methyl sites for hydroxylation is 2. The van der Waals surface area contributed by atoms with Crippen molar-refractivity contribution in [2.24, 2.45) is 0 Å². The van der Waals surface area contributed by atoms with E-state index in [4.69, 9.17) is 11.6 Å². The van der Waals surface area contributed by atoms with Gasteiger partial charge in [0, 0.05) is 13.1 Å². The number of halogens is 1. The van der Waals surface area contributed by atoms with E-state index in [1.54, 1.807) is 0 Å². The molecule has 1 N–H and O–H groups in total. The zero-order valence-corrected chi connectivity index (χ0v) is 10.7. The lowest BCUT2D eigenvalue weighted by Gasteiger charge is -2.21. The van der Waals surface area contributed by atoms with Crippen molar-refractivity contribution in [2.75, 3.05) is 24.5 Å². The van der Waals surface area contributed by atoms with Crippen LogP contribution in [-0.2, 0) is 4.79 Å². The van der Waals surface area contributed by atoms with Gasteiger partial charge in [-0.1, -0.05) is 11.6 Å². The van der Waals surface area contributed by atoms with Crippen LogP contribution in [0, 0.1) is 13.8 Å². The van der Waals surface area contributed by atoms with Crippen LogP contribution in [0.1, 0.15) is 17.8 Å². The molecule has 1 aromatic rings. The van der Waals surface area contributed by atoms with Crippen molar-refractivity contribution in [2.45, 2.75) is 20.3 Å². The van der Waals surface area contributed by atoms with Gasteiger partial charge in [0.2, 0.25) is 5.91 Å². The average Bonchev–Trinajstić information content (AvgIpc) is 2.48. The Hall–Kier alpha value is -1.36. The number of anilines is 1. The third-order valence-electron chi connectivity index (χ3n) is 2.81. The Morgan fingerprint density at radius 1 is 1.29 bits per heavy atom. The van der Waals surface area contributed by atoms with Gasteiger partial charge in [-0.2, -0.15) is 0 Å². The Bertz CT molecular complexity index is 449. The topological polar surface area (TPSA) is 58.1 Å². The fourth-order valence-electron chi connectivity index (χ4n) is 1.75. The van der Waals surface area contributed by atoms with Crippen LogP contribution < -0.4 is 10.2 Å². The molecular weight excluding hydrogens is 240 g/mol. The molecular formula is C11H15ClN4O. The summed E-state index contributed by atoms with van der Waals surface area (Å²) in [5.74, 6) is 0.602. The summed E-state index contributed by atoms with van der Waals surface area (Å²) in [6.45, 7) is 5.50. The summed E-state index contributed by atoms with van der Waals surface area (Å²) >= 11 is 6.09. The molecule has 0 aromatic carbocycles. The highest BCUT2D eigenvalue weighted by atomic mass is 35.5. The van der Waals surface area contributed by atoms with Crippen molar-refractivity contribution >= 4 is 23.3 Å². The molecule has 5 nitrogen and oxygen atoms in total. The predicted octanol–water partition coefficient (Wildman–Crippen LogP) is 1.07. The van der Waals surface area contributed by atoms with Crippen molar-refractivity contribution in [1.29, 1.82) is 0 Å². The monoisotopic (exact) mass is 254 g/mol. The lowest BCUT2D eigenvalue weighted by molar-refractivity contribution is -0.119. The molecule has 1 aromatic heterocycles. The van der Waals surface area contributed by atoms with Gasteiger partial charge in [-0.05, 0) is 20.3 Å². The largest absolute Gasteiger partial charge is 0.354 e. The summed E-state index contributed by atoms with van der Waals surface area (Å²) in [5.41, 5.74) is 1.66. The van der Waals surface area contributed by atoms with Gasteiger partial charge in [0.15, 0.2) is 11.0 Å². The van der Waals surface area contributed by atoms with Crippen LogP contribution in [0.5, 0.6) is 0 Å². The minimum atomic E-state index is -0.00130. The maximum absolute atomic E-state index is 11.5. The van der Waals surface area contributed by atoms with Gasteiger partial charge < -0.3 is 10.2 Å². The smallest absolute Gasteiger partial charge is 0.239 e. The molecule has 0 saturated carbocycles. The minimum absolute atomic E-state index is 0.00130. The van der Waals surface area contributed by atoms with Gasteiger partial charge in [0.05, 0.1) is 17.9 Å². The average molecular weight is 255 g/mol. The molecule has 1 aliphatic heterocycles. The van der Waals surface area contributed by atoms with Crippen LogP contribution in [0.3, 0.4) is 0 Å². The van der Waals surface area contributed by atoms with E-state index in [0.29, 0.717) is 17.5 Å². The van der Waals surface area contributed by atoms with E-state index in [1.807, 2.05) is 18.7 Å². The lowest BCUT2D eigenvalue weighted by Crippen LogP contribution is -2.34. The number of rotatable bonds is 1. The fraction of sp³-hybridized carbons (Fsp3) is 0.545. The fourth-order valence-corrected chi connectivity index (χ4v) is 2.04. The molecule has 0 aliphatic carbocycles. The maximum Gasteiger partial charge on any atom is 0.239 e. The molecule has 0 radical (unpaired) electrons. The molecule has 2 rings (SSSR count). The third kappa shape index (κ3) is 2.66. The number of aromatic nitrogens is 2. The molecule has 2 heterocycles. The number of nitrogens with zero attached hydrogens (tertiary/aromatic N) is 3. The van der Waals surface area contributed by atoms with Crippen LogP contribution in [0.2, 0.25) is 5.15 Å². The van der Waals surface area contributed by atoms with Crippen molar-refractivity contribution in [1.82, 2.24) is 15.3 Å². The number of carbonyl (C=O) groups excluding carboxylic acids is 1. The SMILES string of the molecule is Cc1nc(Cl)c(N2CCCNC(=O)C2)nc1C. The molecule has 0 spiro atoms. The molecule has 1 amide bonds. The second-order valence-electron chi connectivity index (χ2n) is 4.13. The first-order chi connectivity index (χ1) is 8.08. The number of amides is 1. The minimum Gasteiger partial charge on any atom is -0.354 e. The van der Waals surface area contributed by atoms with E-state index in [9.17, 15) is 4.79 Å². The second-order valence-corrected chi connectivity index (χ2v) is 4.49. The number of hydrogen-bond donors (Lipinski definition) is 1. The summed E-state index contributed by atoms with van der Waals surface area (Å²) < 4.78 is 0. The Balaban J connectivity index is 2.32. The number of carbonyl (C=O) groups is 1. The van der Waals surface area contributed by atoms with Crippen LogP contribution in [-0.4, -0.2) is 35.5 Å².